The quantitative estimate of drug-likeness (QED) is 0.644. The van der Waals surface area contributed by atoms with Crippen molar-refractivity contribution in [2.75, 3.05) is 6.54 Å². The standard InChI is InChI=1S/C17H20N2O2/c1-3-4-8-11-19-12-15(13(2)20)16(18-17(19)21)14-9-6-5-7-10-14/h3,5-7,9-10,12,16H,1,4,8,11H2,2H3,(H,18,21). The number of hydrogen-bond donors (Lipinski definition) is 1. The van der Waals surface area contributed by atoms with Gasteiger partial charge < -0.3 is 10.2 Å². The van der Waals surface area contributed by atoms with E-state index in [2.05, 4.69) is 11.9 Å². The van der Waals surface area contributed by atoms with Crippen molar-refractivity contribution in [2.45, 2.75) is 25.8 Å². The Kier molecular flexibility index (Phi) is 4.93. The van der Waals surface area contributed by atoms with Gasteiger partial charge in [-0.3, -0.25) is 4.79 Å². The largest absolute Gasteiger partial charge is 0.327 e. The van der Waals surface area contributed by atoms with Crippen LogP contribution in [0.2, 0.25) is 0 Å². The Balaban J connectivity index is 2.25. The van der Waals surface area contributed by atoms with Crippen LogP contribution in [0, 0.1) is 0 Å². The second-order valence-corrected chi connectivity index (χ2v) is 5.06. The summed E-state index contributed by atoms with van der Waals surface area (Å²) in [5, 5.41) is 2.91. The fourth-order valence-corrected chi connectivity index (χ4v) is 2.36. The molecule has 110 valence electrons. The van der Waals surface area contributed by atoms with Crippen LogP contribution in [0.1, 0.15) is 31.4 Å². The number of hydrogen-bond acceptors (Lipinski definition) is 2. The second kappa shape index (κ2) is 6.88. The van der Waals surface area contributed by atoms with Crippen LogP contribution in [0.15, 0.2) is 54.8 Å². The van der Waals surface area contributed by atoms with Gasteiger partial charge in [-0.2, -0.15) is 0 Å². The van der Waals surface area contributed by atoms with Crippen LogP contribution >= 0.6 is 0 Å². The highest BCUT2D eigenvalue weighted by Gasteiger charge is 2.29. The third-order valence-electron chi connectivity index (χ3n) is 3.48. The summed E-state index contributed by atoms with van der Waals surface area (Å²) in [4.78, 5) is 25.6. The molecule has 0 saturated heterocycles. The Morgan fingerprint density at radius 2 is 2.10 bits per heavy atom. The number of amides is 2. The summed E-state index contributed by atoms with van der Waals surface area (Å²) in [6.07, 6.45) is 5.18. The normalized spacial score (nSPS) is 18.0. The summed E-state index contributed by atoms with van der Waals surface area (Å²) in [7, 11) is 0. The van der Waals surface area contributed by atoms with Crippen LogP contribution in [0.4, 0.5) is 4.79 Å². The summed E-state index contributed by atoms with van der Waals surface area (Å²) < 4.78 is 0. The van der Waals surface area contributed by atoms with Gasteiger partial charge in [-0.15, -0.1) is 6.58 Å². The van der Waals surface area contributed by atoms with E-state index in [0.717, 1.165) is 18.4 Å². The minimum absolute atomic E-state index is 0.0300. The third-order valence-corrected chi connectivity index (χ3v) is 3.48. The highest BCUT2D eigenvalue weighted by molar-refractivity contribution is 5.97. The molecule has 0 bridgehead atoms. The van der Waals surface area contributed by atoms with Crippen molar-refractivity contribution in [3.8, 4) is 0 Å². The molecule has 1 heterocycles. The molecule has 1 aromatic carbocycles. The summed E-state index contributed by atoms with van der Waals surface area (Å²) in [5.74, 6) is -0.0300. The zero-order valence-electron chi connectivity index (χ0n) is 12.2. The van der Waals surface area contributed by atoms with Gasteiger partial charge in [-0.05, 0) is 25.3 Å². The average molecular weight is 284 g/mol. The Labute approximate surface area is 125 Å². The molecule has 0 aliphatic carbocycles. The van der Waals surface area contributed by atoms with Gasteiger partial charge in [0.2, 0.25) is 0 Å². The van der Waals surface area contributed by atoms with Crippen LogP contribution in [-0.4, -0.2) is 23.3 Å². The fourth-order valence-electron chi connectivity index (χ4n) is 2.36. The molecule has 0 spiro atoms. The maximum atomic E-state index is 12.2. The number of nitrogens with one attached hydrogen (secondary N) is 1. The molecule has 1 aromatic rings. The van der Waals surface area contributed by atoms with E-state index < -0.39 is 0 Å². The van der Waals surface area contributed by atoms with Gasteiger partial charge in [0.25, 0.3) is 0 Å². The summed E-state index contributed by atoms with van der Waals surface area (Å²) in [6, 6.07) is 8.99. The van der Waals surface area contributed by atoms with E-state index in [9.17, 15) is 9.59 Å². The number of carbonyl (C=O) groups excluding carboxylic acids is 2. The molecule has 1 N–H and O–H groups in total. The molecule has 4 nitrogen and oxygen atoms in total. The first-order chi connectivity index (χ1) is 10.1. The zero-order chi connectivity index (χ0) is 15.2. The molecule has 0 aromatic heterocycles. The van der Waals surface area contributed by atoms with E-state index in [-0.39, 0.29) is 17.9 Å². The summed E-state index contributed by atoms with van der Waals surface area (Å²) in [5.41, 5.74) is 1.53. The monoisotopic (exact) mass is 284 g/mol. The number of benzene rings is 1. The Morgan fingerprint density at radius 1 is 1.38 bits per heavy atom. The lowest BCUT2D eigenvalue weighted by atomic mass is 9.95. The van der Waals surface area contributed by atoms with Gasteiger partial charge in [0, 0.05) is 18.3 Å². The van der Waals surface area contributed by atoms with Gasteiger partial charge in [-0.1, -0.05) is 36.4 Å². The van der Waals surface area contributed by atoms with Crippen molar-refractivity contribution in [1.29, 1.82) is 0 Å². The van der Waals surface area contributed by atoms with Crippen molar-refractivity contribution >= 4 is 11.8 Å². The average Bonchev–Trinajstić information content (AvgIpc) is 2.49. The molecule has 0 saturated carbocycles. The number of carbonyl (C=O) groups is 2. The van der Waals surface area contributed by atoms with Crippen molar-refractivity contribution in [2.24, 2.45) is 0 Å². The highest BCUT2D eigenvalue weighted by Crippen LogP contribution is 2.26. The molecule has 2 amide bonds. The number of Topliss-reactive ketones (excluding diaryl/α,β-unsaturated/α-hetero) is 1. The number of allylic oxidation sites excluding steroid dienone is 1. The molecule has 0 fully saturated rings. The Bertz CT molecular complexity index is 563. The molecule has 1 atom stereocenters. The molecule has 4 heteroatoms. The third kappa shape index (κ3) is 3.60. The zero-order valence-corrected chi connectivity index (χ0v) is 12.2. The molecule has 1 unspecified atom stereocenters. The van der Waals surface area contributed by atoms with Gasteiger partial charge >= 0.3 is 6.03 Å². The molecule has 1 aliphatic heterocycles. The van der Waals surface area contributed by atoms with Crippen molar-refractivity contribution < 1.29 is 9.59 Å². The van der Waals surface area contributed by atoms with Crippen LogP contribution < -0.4 is 5.32 Å². The first-order valence-corrected chi connectivity index (χ1v) is 7.09. The van der Waals surface area contributed by atoms with Gasteiger partial charge in [0.15, 0.2) is 5.78 Å². The number of rotatable bonds is 6. The van der Waals surface area contributed by atoms with Gasteiger partial charge in [-0.25, -0.2) is 4.79 Å². The van der Waals surface area contributed by atoms with Gasteiger partial charge in [0.1, 0.15) is 0 Å². The fraction of sp³-hybridized carbons (Fsp3) is 0.294. The molecule has 1 aliphatic rings. The number of nitrogens with zero attached hydrogens (tertiary/aromatic N) is 1. The van der Waals surface area contributed by atoms with E-state index in [1.165, 1.54) is 6.92 Å². The second-order valence-electron chi connectivity index (χ2n) is 5.06. The van der Waals surface area contributed by atoms with Crippen molar-refractivity contribution in [3.05, 3.63) is 60.3 Å². The lowest BCUT2D eigenvalue weighted by Gasteiger charge is -2.31. The highest BCUT2D eigenvalue weighted by atomic mass is 16.2. The Morgan fingerprint density at radius 3 is 2.71 bits per heavy atom. The maximum absolute atomic E-state index is 12.2. The van der Waals surface area contributed by atoms with Crippen LogP contribution in [-0.2, 0) is 4.79 Å². The van der Waals surface area contributed by atoms with Crippen molar-refractivity contribution in [3.63, 3.8) is 0 Å². The van der Waals surface area contributed by atoms with E-state index in [4.69, 9.17) is 0 Å². The number of unbranched alkanes of at least 4 members (excludes halogenated alkanes) is 1. The minimum atomic E-state index is -0.369. The van der Waals surface area contributed by atoms with E-state index in [1.807, 2.05) is 36.4 Å². The Hall–Kier alpha value is -2.36. The molecular formula is C17H20N2O2. The van der Waals surface area contributed by atoms with Crippen LogP contribution in [0.3, 0.4) is 0 Å². The number of urea groups is 1. The van der Waals surface area contributed by atoms with E-state index >= 15 is 0 Å². The molecular weight excluding hydrogens is 264 g/mol. The summed E-state index contributed by atoms with van der Waals surface area (Å²) in [6.45, 7) is 5.78. The predicted molar refractivity (Wildman–Crippen MR) is 82.6 cm³/mol. The first-order valence-electron chi connectivity index (χ1n) is 7.09. The number of ketones is 1. The van der Waals surface area contributed by atoms with E-state index in [0.29, 0.717) is 12.1 Å². The van der Waals surface area contributed by atoms with Crippen molar-refractivity contribution in [1.82, 2.24) is 10.2 Å². The predicted octanol–water partition coefficient (Wildman–Crippen LogP) is 3.19. The molecule has 0 radical (unpaired) electrons. The lowest BCUT2D eigenvalue weighted by Crippen LogP contribution is -2.45. The van der Waals surface area contributed by atoms with Gasteiger partial charge in [0.05, 0.1) is 6.04 Å². The topological polar surface area (TPSA) is 49.4 Å². The van der Waals surface area contributed by atoms with E-state index in [1.54, 1.807) is 11.1 Å². The first kappa shape index (κ1) is 15.0. The SMILES string of the molecule is C=CCCCN1C=C(C(C)=O)C(c2ccccc2)NC1=O. The lowest BCUT2D eigenvalue weighted by molar-refractivity contribution is -0.114. The maximum Gasteiger partial charge on any atom is 0.322 e. The summed E-state index contributed by atoms with van der Waals surface area (Å²) >= 11 is 0. The molecule has 21 heavy (non-hydrogen) atoms. The van der Waals surface area contributed by atoms with Crippen LogP contribution in [0.25, 0.3) is 0 Å². The van der Waals surface area contributed by atoms with Crippen LogP contribution in [0.5, 0.6) is 0 Å². The minimum Gasteiger partial charge on any atom is -0.327 e. The smallest absolute Gasteiger partial charge is 0.322 e. The molecule has 2 rings (SSSR count).